The van der Waals surface area contributed by atoms with Gasteiger partial charge in [0, 0.05) is 37.1 Å². The van der Waals surface area contributed by atoms with E-state index in [1.807, 2.05) is 6.07 Å². The lowest BCUT2D eigenvalue weighted by atomic mass is 9.82. The molecule has 2 aromatic carbocycles. The number of carboxylic acid groups (broad SMARTS) is 1. The second-order valence-electron chi connectivity index (χ2n) is 13.1. The van der Waals surface area contributed by atoms with Gasteiger partial charge < -0.3 is 15.7 Å². The fraction of sp³-hybridized carbons (Fsp3) is 0.382. The van der Waals surface area contributed by atoms with Crippen LogP contribution in [0.25, 0.3) is 0 Å². The van der Waals surface area contributed by atoms with Crippen LogP contribution in [0.4, 0.5) is 5.69 Å². The van der Waals surface area contributed by atoms with Crippen LogP contribution in [-0.4, -0.2) is 83.3 Å². The number of anilines is 1. The molecule has 0 saturated carbocycles. The van der Waals surface area contributed by atoms with Crippen molar-refractivity contribution in [1.82, 2.24) is 19.5 Å². The summed E-state index contributed by atoms with van der Waals surface area (Å²) in [6.45, 7) is 5.94. The van der Waals surface area contributed by atoms with Crippen LogP contribution >= 0.6 is 23.2 Å². The molecule has 3 N–H and O–H groups in total. The molecule has 0 spiro atoms. The monoisotopic (exact) mass is 726 g/mol. The molecular formula is C34H36Cl2N6O6S. The molecule has 258 valence electrons. The summed E-state index contributed by atoms with van der Waals surface area (Å²) in [5.74, 6) is -2.57. The predicted molar refractivity (Wildman–Crippen MR) is 184 cm³/mol. The van der Waals surface area contributed by atoms with Gasteiger partial charge in [-0.2, -0.15) is 9.57 Å². The SMILES string of the molecule is CC1(C)CCN([C@@H]2C[C@@H](C(=O)N[C@@H](Cc3ccc(NC(=O)c4c(Cl)cncc4Cl)cc3)C(=O)O)N(S(=O)(=O)c3cccc(C#N)c3)C2)CC1. The number of nitriles is 1. The van der Waals surface area contributed by atoms with Crippen molar-refractivity contribution in [3.05, 3.63) is 87.7 Å². The molecule has 2 amide bonds. The van der Waals surface area contributed by atoms with Crippen LogP contribution in [0.1, 0.15) is 54.6 Å². The summed E-state index contributed by atoms with van der Waals surface area (Å²) in [6.07, 6.45) is 4.53. The van der Waals surface area contributed by atoms with Crippen molar-refractivity contribution in [3.63, 3.8) is 0 Å². The Labute approximate surface area is 295 Å². The van der Waals surface area contributed by atoms with Gasteiger partial charge in [0.1, 0.15) is 12.1 Å². The lowest BCUT2D eigenvalue weighted by Gasteiger charge is -2.39. The zero-order valence-electron chi connectivity index (χ0n) is 26.9. The Morgan fingerprint density at radius 1 is 1.08 bits per heavy atom. The maximum absolute atomic E-state index is 13.9. The van der Waals surface area contributed by atoms with E-state index < -0.39 is 39.9 Å². The van der Waals surface area contributed by atoms with Crippen molar-refractivity contribution < 1.29 is 27.9 Å². The zero-order chi connectivity index (χ0) is 35.5. The van der Waals surface area contributed by atoms with Gasteiger partial charge in [0.05, 0.1) is 32.1 Å². The van der Waals surface area contributed by atoms with E-state index in [4.69, 9.17) is 23.2 Å². The van der Waals surface area contributed by atoms with Crippen LogP contribution in [0.3, 0.4) is 0 Å². The predicted octanol–water partition coefficient (Wildman–Crippen LogP) is 4.58. The fourth-order valence-corrected chi connectivity index (χ4v) is 8.38. The quantitative estimate of drug-likeness (QED) is 0.270. The molecule has 5 rings (SSSR count). The topological polar surface area (TPSA) is 173 Å². The molecule has 49 heavy (non-hydrogen) atoms. The molecule has 0 aliphatic carbocycles. The first-order valence-corrected chi connectivity index (χ1v) is 17.9. The maximum Gasteiger partial charge on any atom is 0.326 e. The number of nitrogens with zero attached hydrogens (tertiary/aromatic N) is 4. The molecule has 0 unspecified atom stereocenters. The third-order valence-corrected chi connectivity index (χ3v) is 11.6. The number of halogens is 2. The number of carbonyl (C=O) groups is 3. The second kappa shape index (κ2) is 14.8. The summed E-state index contributed by atoms with van der Waals surface area (Å²) in [7, 11) is -4.22. The van der Waals surface area contributed by atoms with E-state index >= 15 is 0 Å². The van der Waals surface area contributed by atoms with Gasteiger partial charge in [0.2, 0.25) is 15.9 Å². The fourth-order valence-electron chi connectivity index (χ4n) is 6.16. The first-order chi connectivity index (χ1) is 23.2. The lowest BCUT2D eigenvalue weighted by Crippen LogP contribution is -2.51. The van der Waals surface area contributed by atoms with Gasteiger partial charge in [-0.15, -0.1) is 0 Å². The third-order valence-electron chi connectivity index (χ3n) is 9.12. The van der Waals surface area contributed by atoms with Crippen molar-refractivity contribution in [3.8, 4) is 6.07 Å². The number of likely N-dealkylation sites (tertiary alicyclic amines) is 1. The average Bonchev–Trinajstić information content (AvgIpc) is 3.52. The second-order valence-corrected chi connectivity index (χ2v) is 15.8. The highest BCUT2D eigenvalue weighted by Gasteiger charge is 2.47. The number of aliphatic carboxylic acids is 1. The van der Waals surface area contributed by atoms with Gasteiger partial charge in [-0.25, -0.2) is 13.2 Å². The van der Waals surface area contributed by atoms with E-state index in [1.165, 1.54) is 36.7 Å². The average molecular weight is 728 g/mol. The van der Waals surface area contributed by atoms with Crippen LogP contribution in [0.15, 0.2) is 65.8 Å². The van der Waals surface area contributed by atoms with Crippen LogP contribution < -0.4 is 10.6 Å². The van der Waals surface area contributed by atoms with Crippen molar-refractivity contribution in [2.45, 2.75) is 62.6 Å². The minimum atomic E-state index is -4.22. The number of hydrogen-bond acceptors (Lipinski definition) is 8. The minimum Gasteiger partial charge on any atom is -0.480 e. The number of amides is 2. The van der Waals surface area contributed by atoms with E-state index in [0.29, 0.717) is 11.3 Å². The van der Waals surface area contributed by atoms with E-state index in [2.05, 4.69) is 34.4 Å². The Hall–Kier alpha value is -4.06. The summed E-state index contributed by atoms with van der Waals surface area (Å²) >= 11 is 12.2. The molecule has 2 fully saturated rings. The number of hydrogen-bond donors (Lipinski definition) is 3. The number of nitrogens with one attached hydrogen (secondary N) is 2. The molecule has 2 aliphatic rings. The molecule has 1 aromatic heterocycles. The van der Waals surface area contributed by atoms with Crippen LogP contribution in [0.5, 0.6) is 0 Å². The highest BCUT2D eigenvalue weighted by atomic mass is 35.5. The number of sulfonamides is 1. The van der Waals surface area contributed by atoms with E-state index in [1.54, 1.807) is 24.3 Å². The molecule has 3 aromatic rings. The molecular weight excluding hydrogens is 691 g/mol. The lowest BCUT2D eigenvalue weighted by molar-refractivity contribution is -0.142. The first-order valence-electron chi connectivity index (χ1n) is 15.7. The minimum absolute atomic E-state index is 0.0540. The number of rotatable bonds is 10. The van der Waals surface area contributed by atoms with Gasteiger partial charge in [-0.05, 0) is 73.7 Å². The Morgan fingerprint density at radius 3 is 2.35 bits per heavy atom. The highest BCUT2D eigenvalue weighted by molar-refractivity contribution is 7.89. The molecule has 12 nitrogen and oxygen atoms in total. The van der Waals surface area contributed by atoms with Crippen LogP contribution in [0.2, 0.25) is 10.0 Å². The van der Waals surface area contributed by atoms with Crippen molar-refractivity contribution in [1.29, 1.82) is 5.26 Å². The number of aromatic nitrogens is 1. The summed E-state index contributed by atoms with van der Waals surface area (Å²) in [4.78, 5) is 44.8. The first kappa shape index (κ1) is 36.2. The number of carboxylic acids is 1. The summed E-state index contributed by atoms with van der Waals surface area (Å²) in [5, 5.41) is 24.9. The normalized spacial score (nSPS) is 20.2. The van der Waals surface area contributed by atoms with Gasteiger partial charge in [-0.3, -0.25) is 19.5 Å². The summed E-state index contributed by atoms with van der Waals surface area (Å²) < 4.78 is 29.0. The smallest absolute Gasteiger partial charge is 0.326 e. The Bertz CT molecular complexity index is 1870. The van der Waals surface area contributed by atoms with Crippen molar-refractivity contribution in [2.75, 3.05) is 25.0 Å². The highest BCUT2D eigenvalue weighted by Crippen LogP contribution is 2.35. The zero-order valence-corrected chi connectivity index (χ0v) is 29.2. The molecule has 3 atom stereocenters. The Kier molecular flexibility index (Phi) is 11.0. The summed E-state index contributed by atoms with van der Waals surface area (Å²) in [5.41, 5.74) is 1.33. The number of pyridine rings is 1. The molecule has 15 heteroatoms. The van der Waals surface area contributed by atoms with Gasteiger partial charge >= 0.3 is 5.97 Å². The number of carbonyl (C=O) groups excluding carboxylic acids is 2. The molecule has 0 radical (unpaired) electrons. The maximum atomic E-state index is 13.9. The standard InChI is InChI=1S/C34H36Cl2N6O6S/c1-34(2)10-12-41(13-11-34)24-16-29(42(20-24)49(47,48)25-5-3-4-22(14-25)17-37)31(43)40-28(33(45)46)15-21-6-8-23(9-7-21)39-32(44)30-26(35)18-38-19-27(30)36/h3-9,14,18-19,24,28-29H,10-13,15-16,20H2,1-2H3,(H,39,44)(H,40,43)(H,45,46)/t24-,28+,29+/m1/s1. The molecule has 2 saturated heterocycles. The van der Waals surface area contributed by atoms with E-state index in [0.717, 1.165) is 30.2 Å². The van der Waals surface area contributed by atoms with Gasteiger partial charge in [0.15, 0.2) is 0 Å². The molecule has 0 bridgehead atoms. The Morgan fingerprint density at radius 2 is 1.73 bits per heavy atom. The van der Waals surface area contributed by atoms with Crippen molar-refractivity contribution >= 4 is 56.7 Å². The van der Waals surface area contributed by atoms with E-state index in [-0.39, 0.29) is 56.9 Å². The van der Waals surface area contributed by atoms with Crippen LogP contribution in [0, 0.1) is 16.7 Å². The van der Waals surface area contributed by atoms with Gasteiger partial charge in [-0.1, -0.05) is 55.2 Å². The molecule has 3 heterocycles. The molecule has 2 aliphatic heterocycles. The van der Waals surface area contributed by atoms with E-state index in [9.17, 15) is 33.2 Å². The largest absolute Gasteiger partial charge is 0.480 e. The van der Waals surface area contributed by atoms with Gasteiger partial charge in [0.25, 0.3) is 5.91 Å². The van der Waals surface area contributed by atoms with Crippen molar-refractivity contribution in [2.24, 2.45) is 5.41 Å². The third kappa shape index (κ3) is 8.40. The van der Waals surface area contributed by atoms with Crippen LogP contribution in [-0.2, 0) is 26.0 Å². The number of piperidine rings is 1. The summed E-state index contributed by atoms with van der Waals surface area (Å²) in [6, 6.07) is 11.1. The number of benzene rings is 2. The Balaban J connectivity index is 1.32.